The molecule has 1 heterocycles. The fraction of sp³-hybridized carbons (Fsp3) is 0.562. The van der Waals surface area contributed by atoms with Crippen LogP contribution in [0.3, 0.4) is 0 Å². The van der Waals surface area contributed by atoms with Crippen LogP contribution in [0.2, 0.25) is 0 Å². The van der Waals surface area contributed by atoms with Crippen molar-refractivity contribution in [3.63, 3.8) is 0 Å². The van der Waals surface area contributed by atoms with Crippen molar-refractivity contribution in [3.8, 4) is 0 Å². The van der Waals surface area contributed by atoms with Gasteiger partial charge in [0.05, 0.1) is 6.54 Å². The number of guanidine groups is 1. The van der Waals surface area contributed by atoms with Gasteiger partial charge in [0, 0.05) is 30.0 Å². The molecule has 1 fully saturated rings. The number of hydrogen-bond acceptors (Lipinski definition) is 3. The normalized spacial score (nSPS) is 21.1. The van der Waals surface area contributed by atoms with E-state index < -0.39 is 0 Å². The third-order valence-electron chi connectivity index (χ3n) is 4.64. The molecule has 1 aliphatic heterocycles. The van der Waals surface area contributed by atoms with E-state index in [1.54, 1.807) is 0 Å². The third kappa shape index (κ3) is 2.71. The van der Waals surface area contributed by atoms with Crippen molar-refractivity contribution in [1.29, 1.82) is 0 Å². The molecule has 2 aliphatic rings. The molecule has 0 unspecified atom stereocenters. The predicted octanol–water partition coefficient (Wildman–Crippen LogP) is 3.15. The second-order valence-electron chi connectivity index (χ2n) is 5.98. The van der Waals surface area contributed by atoms with Crippen LogP contribution in [0, 0.1) is 0 Å². The molecule has 108 valence electrons. The van der Waals surface area contributed by atoms with Gasteiger partial charge in [-0.15, -0.1) is 0 Å². The van der Waals surface area contributed by atoms with Gasteiger partial charge in [-0.3, -0.25) is 4.99 Å². The van der Waals surface area contributed by atoms with Gasteiger partial charge in [0.2, 0.25) is 0 Å². The molecule has 1 aromatic carbocycles. The van der Waals surface area contributed by atoms with Gasteiger partial charge in [-0.2, -0.15) is 0 Å². The van der Waals surface area contributed by atoms with E-state index in [9.17, 15) is 0 Å². The summed E-state index contributed by atoms with van der Waals surface area (Å²) in [6.45, 7) is 2.95. The van der Waals surface area contributed by atoms with Crippen LogP contribution in [-0.4, -0.2) is 37.5 Å². The van der Waals surface area contributed by atoms with E-state index in [1.165, 1.54) is 35.7 Å². The number of nitrogens with one attached hydrogen (secondary N) is 1. The Bertz CT molecular complexity index is 506. The van der Waals surface area contributed by atoms with E-state index in [0.29, 0.717) is 0 Å². The summed E-state index contributed by atoms with van der Waals surface area (Å²) in [6.07, 6.45) is 5.20. The highest BCUT2D eigenvalue weighted by Gasteiger charge is 2.36. The first-order valence-electron chi connectivity index (χ1n) is 7.45. The Labute approximate surface area is 129 Å². The Morgan fingerprint density at radius 3 is 2.80 bits per heavy atom. The monoisotopic (exact) mass is 335 g/mol. The van der Waals surface area contributed by atoms with Gasteiger partial charge in [0.1, 0.15) is 0 Å². The average Bonchev–Trinajstić information content (AvgIpc) is 3.06. The standard InChI is InChI=1S/C16H22BrN3/c1-20-10-9-18-15(20)19-12-16(7-2-3-8-16)13-5-4-6-14(17)11-13/h4-6,11H,2-3,7-10,12H2,1H3,(H,18,19). The molecule has 0 spiro atoms. The summed E-state index contributed by atoms with van der Waals surface area (Å²) in [5.41, 5.74) is 1.73. The van der Waals surface area contributed by atoms with E-state index in [0.717, 1.165) is 25.6 Å². The molecule has 0 amide bonds. The second-order valence-corrected chi connectivity index (χ2v) is 6.89. The van der Waals surface area contributed by atoms with Gasteiger partial charge in [-0.05, 0) is 30.5 Å². The summed E-state index contributed by atoms with van der Waals surface area (Å²) in [7, 11) is 2.11. The van der Waals surface area contributed by atoms with Gasteiger partial charge in [0.15, 0.2) is 5.96 Å². The van der Waals surface area contributed by atoms with Crippen LogP contribution in [0.4, 0.5) is 0 Å². The lowest BCUT2D eigenvalue weighted by molar-refractivity contribution is 0.422. The first kappa shape index (κ1) is 13.9. The van der Waals surface area contributed by atoms with Crippen molar-refractivity contribution >= 4 is 21.9 Å². The van der Waals surface area contributed by atoms with Gasteiger partial charge in [-0.1, -0.05) is 40.9 Å². The van der Waals surface area contributed by atoms with E-state index in [-0.39, 0.29) is 5.41 Å². The first-order chi connectivity index (χ1) is 9.70. The number of likely N-dealkylation sites (N-methyl/N-ethyl adjacent to an activating group) is 1. The van der Waals surface area contributed by atoms with Gasteiger partial charge in [-0.25, -0.2) is 0 Å². The third-order valence-corrected chi connectivity index (χ3v) is 5.13. The van der Waals surface area contributed by atoms with Crippen molar-refractivity contribution < 1.29 is 0 Å². The van der Waals surface area contributed by atoms with Crippen molar-refractivity contribution in [2.24, 2.45) is 4.99 Å². The zero-order valence-corrected chi connectivity index (χ0v) is 13.6. The van der Waals surface area contributed by atoms with Crippen molar-refractivity contribution in [2.45, 2.75) is 31.1 Å². The fourth-order valence-electron chi connectivity index (χ4n) is 3.41. The maximum absolute atomic E-state index is 4.54. The van der Waals surface area contributed by atoms with Gasteiger partial charge >= 0.3 is 0 Å². The number of halogens is 1. The molecule has 1 aromatic rings. The first-order valence-corrected chi connectivity index (χ1v) is 8.24. The van der Waals surface area contributed by atoms with Gasteiger partial charge in [0.25, 0.3) is 0 Å². The molecule has 0 aromatic heterocycles. The smallest absolute Gasteiger partial charge is 0.193 e. The molecule has 4 heteroatoms. The fourth-order valence-corrected chi connectivity index (χ4v) is 3.81. The number of nitrogens with zero attached hydrogens (tertiary/aromatic N) is 2. The minimum atomic E-state index is 0.274. The Morgan fingerprint density at radius 2 is 2.15 bits per heavy atom. The van der Waals surface area contributed by atoms with Crippen LogP contribution in [0.25, 0.3) is 0 Å². The van der Waals surface area contributed by atoms with Crippen molar-refractivity contribution in [2.75, 3.05) is 26.7 Å². The van der Waals surface area contributed by atoms with Crippen molar-refractivity contribution in [1.82, 2.24) is 10.2 Å². The topological polar surface area (TPSA) is 27.6 Å². The quantitative estimate of drug-likeness (QED) is 0.918. The molecule has 20 heavy (non-hydrogen) atoms. The minimum absolute atomic E-state index is 0.274. The van der Waals surface area contributed by atoms with E-state index in [2.05, 4.69) is 62.5 Å². The highest BCUT2D eigenvalue weighted by atomic mass is 79.9. The SMILES string of the molecule is CN1CCN=C1NCC1(c2cccc(Br)c2)CCCC1. The van der Waals surface area contributed by atoms with Crippen LogP contribution in [0.5, 0.6) is 0 Å². The van der Waals surface area contributed by atoms with Gasteiger partial charge < -0.3 is 10.2 Å². The maximum Gasteiger partial charge on any atom is 0.193 e. The number of rotatable bonds is 3. The zero-order chi connectivity index (χ0) is 14.0. The summed E-state index contributed by atoms with van der Waals surface area (Å²) in [5.74, 6) is 1.06. The molecule has 0 atom stereocenters. The molecule has 1 N–H and O–H groups in total. The molecule has 0 bridgehead atoms. The Balaban J connectivity index is 1.78. The summed E-state index contributed by atoms with van der Waals surface area (Å²) in [6, 6.07) is 8.82. The lowest BCUT2D eigenvalue weighted by atomic mass is 9.79. The molecule has 0 saturated heterocycles. The Kier molecular flexibility index (Phi) is 4.01. The van der Waals surface area contributed by atoms with Crippen LogP contribution >= 0.6 is 15.9 Å². The lowest BCUT2D eigenvalue weighted by Crippen LogP contribution is -2.43. The second kappa shape index (κ2) is 5.76. The number of aliphatic imine (C=N–C) groups is 1. The molecular formula is C16H22BrN3. The molecule has 3 rings (SSSR count). The largest absolute Gasteiger partial charge is 0.355 e. The maximum atomic E-state index is 4.54. The molecular weight excluding hydrogens is 314 g/mol. The van der Waals surface area contributed by atoms with Crippen LogP contribution < -0.4 is 5.32 Å². The van der Waals surface area contributed by atoms with E-state index in [1.807, 2.05) is 0 Å². The Hall–Kier alpha value is -1.03. The molecule has 0 radical (unpaired) electrons. The Morgan fingerprint density at radius 1 is 1.35 bits per heavy atom. The molecule has 1 saturated carbocycles. The number of benzene rings is 1. The van der Waals surface area contributed by atoms with E-state index in [4.69, 9.17) is 0 Å². The summed E-state index contributed by atoms with van der Waals surface area (Å²) < 4.78 is 1.18. The minimum Gasteiger partial charge on any atom is -0.355 e. The average molecular weight is 336 g/mol. The van der Waals surface area contributed by atoms with E-state index >= 15 is 0 Å². The van der Waals surface area contributed by atoms with Crippen molar-refractivity contribution in [3.05, 3.63) is 34.3 Å². The van der Waals surface area contributed by atoms with Crippen LogP contribution in [0.1, 0.15) is 31.2 Å². The highest BCUT2D eigenvalue weighted by molar-refractivity contribution is 9.10. The summed E-state index contributed by atoms with van der Waals surface area (Å²) in [5, 5.41) is 3.59. The lowest BCUT2D eigenvalue weighted by Gasteiger charge is -2.31. The molecule has 1 aliphatic carbocycles. The van der Waals surface area contributed by atoms with Crippen LogP contribution in [0.15, 0.2) is 33.7 Å². The highest BCUT2D eigenvalue weighted by Crippen LogP contribution is 2.41. The summed E-state index contributed by atoms with van der Waals surface area (Å²) in [4.78, 5) is 6.75. The van der Waals surface area contributed by atoms with Crippen LogP contribution in [-0.2, 0) is 5.41 Å². The molecule has 3 nitrogen and oxygen atoms in total. The predicted molar refractivity (Wildman–Crippen MR) is 87.2 cm³/mol. The summed E-state index contributed by atoms with van der Waals surface area (Å²) >= 11 is 3.61. The number of hydrogen-bond donors (Lipinski definition) is 1. The zero-order valence-electron chi connectivity index (χ0n) is 12.0.